The zero-order valence-electron chi connectivity index (χ0n) is 52.9. The van der Waals surface area contributed by atoms with E-state index in [0.29, 0.717) is 0 Å². The van der Waals surface area contributed by atoms with Gasteiger partial charge < -0.3 is 0 Å². The summed E-state index contributed by atoms with van der Waals surface area (Å²) in [6.45, 7) is 57.4. The lowest BCUT2D eigenvalue weighted by Gasteiger charge is -2.23. The third-order valence-corrected chi connectivity index (χ3v) is 22.9. The Morgan fingerprint density at radius 1 is 0.175 bits per heavy atom. The number of hydrogen-bond donors (Lipinski definition) is 0. The van der Waals surface area contributed by atoms with Gasteiger partial charge in [0.05, 0.1) is 0 Å². The summed E-state index contributed by atoms with van der Waals surface area (Å²) in [6, 6.07) is 0. The van der Waals surface area contributed by atoms with Gasteiger partial charge in [0.15, 0.2) is 0 Å². The lowest BCUT2D eigenvalue weighted by atomic mass is 9.81. The number of fused-ring (bicyclic) bond motifs is 20. The molecule has 0 saturated heterocycles. The van der Waals surface area contributed by atoms with E-state index in [2.05, 4.69) is 203 Å². The van der Waals surface area contributed by atoms with E-state index in [4.69, 9.17) is 0 Å². The maximum absolute atomic E-state index is 2.67. The normalized spacial score (nSPS) is 15.3. The molecule has 8 bridgehead atoms. The maximum Gasteiger partial charge on any atom is -0.00128 e. The van der Waals surface area contributed by atoms with Gasteiger partial charge in [0, 0.05) is 0 Å². The monoisotopic (exact) mass is 1040 g/mol. The van der Waals surface area contributed by atoms with E-state index in [0.717, 1.165) is 12.8 Å². The molecule has 0 heteroatoms. The minimum absolute atomic E-state index is 0.869. The molecule has 80 heavy (non-hydrogen) atoms. The van der Waals surface area contributed by atoms with Gasteiger partial charge in [-0.15, -0.1) is 0 Å². The molecule has 0 atom stereocenters. The van der Waals surface area contributed by atoms with E-state index in [-0.39, 0.29) is 0 Å². The fourth-order valence-electron chi connectivity index (χ4n) is 17.6. The largest absolute Gasteiger partial charge is 0.0501 e. The second-order valence-corrected chi connectivity index (χ2v) is 26.1. The average Bonchev–Trinajstić information content (AvgIpc) is 4.30. The third-order valence-electron chi connectivity index (χ3n) is 22.9. The molecule has 13 rings (SSSR count). The van der Waals surface area contributed by atoms with Crippen molar-refractivity contribution in [3.63, 3.8) is 0 Å². The van der Waals surface area contributed by atoms with Crippen LogP contribution < -0.4 is 10.4 Å². The van der Waals surface area contributed by atoms with Crippen molar-refractivity contribution in [3.05, 3.63) is 214 Å². The molecule has 0 nitrogen and oxygen atoms in total. The highest BCUT2D eigenvalue weighted by atomic mass is 14.4. The summed E-state index contributed by atoms with van der Waals surface area (Å²) in [5, 5.41) is 14.4. The summed E-state index contributed by atoms with van der Waals surface area (Å²) in [5.74, 6) is 0. The number of allylic oxidation sites excluding steroid dienone is 12. The first-order valence-electron chi connectivity index (χ1n) is 29.9. The SMILES string of the molecule is Cc1c(C)c(C)c2c(C)c3c(c(C)c2c1C)C1=CC3=CC2=c3c(C)c4c(C)c(C)c(C)c(C)c4c(C)c3=C(C=C3C=C(C=C4CC(=C1)c1c4c(C)c4c(C)c(C)c(C)c(C)c4c1C)c1c3c(C)c3c(C)c(C)c(C)c(C)c3c1C)C2. The van der Waals surface area contributed by atoms with Crippen LogP contribution in [-0.4, -0.2) is 0 Å². The first-order chi connectivity index (χ1) is 37.7. The summed E-state index contributed by atoms with van der Waals surface area (Å²) >= 11 is 0. The third kappa shape index (κ3) is 6.40. The zero-order chi connectivity index (χ0) is 57.4. The molecule has 5 aliphatic rings. The predicted octanol–water partition coefficient (Wildman–Crippen LogP) is 20.3. The Morgan fingerprint density at radius 2 is 0.375 bits per heavy atom. The van der Waals surface area contributed by atoms with Gasteiger partial charge in [-0.2, -0.15) is 0 Å². The maximum atomic E-state index is 2.67. The van der Waals surface area contributed by atoms with Crippen molar-refractivity contribution >= 4 is 87.7 Å². The topological polar surface area (TPSA) is 0 Å². The van der Waals surface area contributed by atoms with Crippen LogP contribution in [0, 0.1) is 166 Å². The van der Waals surface area contributed by atoms with Crippen LogP contribution in [0.15, 0.2) is 36.5 Å². The minimum atomic E-state index is 0.869. The zero-order valence-corrected chi connectivity index (χ0v) is 52.9. The molecule has 402 valence electrons. The summed E-state index contributed by atoms with van der Waals surface area (Å²) in [5.41, 5.74) is 53.6. The predicted molar refractivity (Wildman–Crippen MR) is 353 cm³/mol. The molecule has 0 radical (unpaired) electrons. The molecule has 5 aliphatic carbocycles. The van der Waals surface area contributed by atoms with Crippen molar-refractivity contribution in [2.75, 3.05) is 0 Å². The standard InChI is InChI=1S/C80H82/c1-33-34(2)42(10)66-50(18)74-58-25-57(73(74)49(17)65(66)41(33)9)29-59-26-61(77-53(21)69-45(13)36(4)35(3)43(11)67(69)51(19)75(59)77)31-63-28-64(80-56(24)72-48(16)40(8)39(7)47(15)71(72)55(23)79(63)80)32-62-27-60(30-58)76-52(20)68-44(12)37(5)38(6)46(14)70(68)54(22)78(62)76/h25,28-32H,26-27H2,1-24H3. The molecule has 0 saturated carbocycles. The van der Waals surface area contributed by atoms with Gasteiger partial charge in [-0.3, -0.25) is 0 Å². The van der Waals surface area contributed by atoms with Gasteiger partial charge in [-0.05, 0) is 456 Å². The van der Waals surface area contributed by atoms with Gasteiger partial charge in [-0.1, -0.05) is 24.3 Å². The summed E-state index contributed by atoms with van der Waals surface area (Å²) < 4.78 is 0. The van der Waals surface area contributed by atoms with Crippen molar-refractivity contribution < 1.29 is 0 Å². The van der Waals surface area contributed by atoms with Crippen molar-refractivity contribution in [2.45, 2.75) is 179 Å². The Bertz CT molecular complexity index is 4520. The second kappa shape index (κ2) is 17.3. The molecule has 0 N–H and O–H groups in total. The van der Waals surface area contributed by atoms with Gasteiger partial charge in [0.2, 0.25) is 0 Å². The highest BCUT2D eigenvalue weighted by Crippen LogP contribution is 2.55. The van der Waals surface area contributed by atoms with Crippen LogP contribution in [0.5, 0.6) is 0 Å². The fraction of sp³-hybridized carbons (Fsp3) is 0.325. The fourth-order valence-corrected chi connectivity index (χ4v) is 17.6. The second-order valence-electron chi connectivity index (χ2n) is 26.1. The Hall–Kier alpha value is -7.02. The Labute approximate surface area is 477 Å². The molecule has 0 spiro atoms. The Morgan fingerprint density at radius 3 is 0.613 bits per heavy atom. The van der Waals surface area contributed by atoms with Crippen molar-refractivity contribution in [2.24, 2.45) is 0 Å². The van der Waals surface area contributed by atoms with Crippen LogP contribution >= 0.6 is 0 Å². The molecular weight excluding hydrogens is 961 g/mol. The smallest absolute Gasteiger partial charge is 0.00128 e. The molecule has 0 aromatic heterocycles. The van der Waals surface area contributed by atoms with Crippen LogP contribution in [0.25, 0.3) is 87.7 Å². The van der Waals surface area contributed by atoms with Gasteiger partial charge in [0.25, 0.3) is 0 Å². The molecule has 0 fully saturated rings. The van der Waals surface area contributed by atoms with Gasteiger partial charge in [-0.25, -0.2) is 0 Å². The van der Waals surface area contributed by atoms with Crippen molar-refractivity contribution in [1.29, 1.82) is 0 Å². The molecule has 0 amide bonds. The highest BCUT2D eigenvalue weighted by Gasteiger charge is 2.35. The van der Waals surface area contributed by atoms with Crippen LogP contribution in [0.2, 0.25) is 0 Å². The van der Waals surface area contributed by atoms with E-state index >= 15 is 0 Å². The lowest BCUT2D eigenvalue weighted by Crippen LogP contribution is -2.31. The van der Waals surface area contributed by atoms with Crippen LogP contribution in [0.3, 0.4) is 0 Å². The first kappa shape index (κ1) is 52.4. The van der Waals surface area contributed by atoms with Crippen molar-refractivity contribution in [3.8, 4) is 0 Å². The molecular formula is C80H82. The van der Waals surface area contributed by atoms with E-state index in [1.807, 2.05) is 0 Å². The average molecular weight is 1040 g/mol. The van der Waals surface area contributed by atoms with Crippen LogP contribution in [0.1, 0.15) is 180 Å². The molecule has 8 aromatic carbocycles. The van der Waals surface area contributed by atoms with Gasteiger partial charge in [0.1, 0.15) is 0 Å². The van der Waals surface area contributed by atoms with E-state index in [9.17, 15) is 0 Å². The number of hydrogen-bond acceptors (Lipinski definition) is 0. The lowest BCUT2D eigenvalue weighted by molar-refractivity contribution is 1.22. The highest BCUT2D eigenvalue weighted by molar-refractivity contribution is 6.17. The molecule has 0 heterocycles. The summed E-state index contributed by atoms with van der Waals surface area (Å²) in [6.07, 6.45) is 17.6. The number of aryl methyl sites for hydroxylation is 16. The van der Waals surface area contributed by atoms with E-state index in [1.165, 1.54) is 265 Å². The summed E-state index contributed by atoms with van der Waals surface area (Å²) in [7, 11) is 0. The first-order valence-corrected chi connectivity index (χ1v) is 29.9. The van der Waals surface area contributed by atoms with E-state index in [1.54, 1.807) is 0 Å². The summed E-state index contributed by atoms with van der Waals surface area (Å²) in [4.78, 5) is 0. The van der Waals surface area contributed by atoms with Crippen LogP contribution in [0.4, 0.5) is 0 Å². The Kier molecular flexibility index (Phi) is 11.3. The molecule has 8 aromatic rings. The van der Waals surface area contributed by atoms with E-state index < -0.39 is 0 Å². The molecule has 0 unspecified atom stereocenters. The number of benzene rings is 8. The Balaban J connectivity index is 1.27. The minimum Gasteiger partial charge on any atom is -0.0501 e. The van der Waals surface area contributed by atoms with Crippen molar-refractivity contribution in [1.82, 2.24) is 0 Å². The van der Waals surface area contributed by atoms with Gasteiger partial charge >= 0.3 is 0 Å². The molecule has 0 aliphatic heterocycles. The van der Waals surface area contributed by atoms with Crippen LogP contribution in [-0.2, 0) is 0 Å². The quantitative estimate of drug-likeness (QED) is 0.142. The number of rotatable bonds is 0.